The monoisotopic (exact) mass is 1110 g/mol. The Hall–Kier alpha value is -11.5. The van der Waals surface area contributed by atoms with Crippen LogP contribution in [0.1, 0.15) is 0 Å². The van der Waals surface area contributed by atoms with Crippen LogP contribution in [-0.4, -0.2) is 22.7 Å². The Morgan fingerprint density at radius 3 is 1.68 bits per heavy atom. The Kier molecular flexibility index (Phi) is 8.49. The van der Waals surface area contributed by atoms with E-state index in [1.165, 1.54) is 159 Å². The lowest BCUT2D eigenvalue weighted by atomic mass is 9.44. The molecule has 0 aliphatic carbocycles. The molecular formula is C80H44B2N4O2. The molecule has 0 bridgehead atoms. The van der Waals surface area contributed by atoms with Crippen molar-refractivity contribution in [3.05, 3.63) is 267 Å². The maximum atomic E-state index is 6.70. The molecule has 88 heavy (non-hydrogen) atoms. The van der Waals surface area contributed by atoms with Gasteiger partial charge in [-0.25, -0.2) is 0 Å². The molecule has 22 rings (SSSR count). The van der Waals surface area contributed by atoms with Crippen LogP contribution in [0.4, 0.5) is 34.1 Å². The molecule has 8 heterocycles. The van der Waals surface area contributed by atoms with Gasteiger partial charge in [0.05, 0.1) is 23.9 Å². The van der Waals surface area contributed by atoms with Crippen molar-refractivity contribution in [3.8, 4) is 33.4 Å². The largest absolute Gasteiger partial charge is 0.464 e. The van der Waals surface area contributed by atoms with Crippen molar-refractivity contribution in [1.29, 1.82) is 0 Å². The van der Waals surface area contributed by atoms with E-state index in [0.29, 0.717) is 0 Å². The van der Waals surface area contributed by atoms with Gasteiger partial charge in [0.25, 0.3) is 0 Å². The molecule has 0 spiro atoms. The average Bonchev–Trinajstić information content (AvgIpc) is 1.37. The first-order valence-electron chi connectivity index (χ1n) is 30.5. The van der Waals surface area contributed by atoms with Gasteiger partial charge >= 0.3 is 13.7 Å². The van der Waals surface area contributed by atoms with Gasteiger partial charge in [0.2, 0.25) is 0 Å². The number of anilines is 6. The summed E-state index contributed by atoms with van der Waals surface area (Å²) in [7, 11) is 0. The lowest BCUT2D eigenvalue weighted by Crippen LogP contribution is -2.56. The van der Waals surface area contributed by atoms with E-state index in [4.69, 9.17) is 8.83 Å². The Balaban J connectivity index is 0.786. The molecule has 0 saturated heterocycles. The van der Waals surface area contributed by atoms with Gasteiger partial charge < -0.3 is 27.6 Å². The summed E-state index contributed by atoms with van der Waals surface area (Å²) in [5.41, 5.74) is 25.9. The number of rotatable bonds is 3. The molecule has 0 saturated carbocycles. The highest BCUT2D eigenvalue weighted by molar-refractivity contribution is 6.91. The molecule has 14 aromatic carbocycles. The Morgan fingerprint density at radius 1 is 0.307 bits per heavy atom. The maximum absolute atomic E-state index is 6.70. The van der Waals surface area contributed by atoms with E-state index in [1.54, 1.807) is 0 Å². The van der Waals surface area contributed by atoms with Gasteiger partial charge in [-0.05, 0) is 132 Å². The zero-order chi connectivity index (χ0) is 56.8. The maximum Gasteiger partial charge on any atom is 0.333 e. The van der Waals surface area contributed by atoms with E-state index in [0.717, 1.165) is 38.9 Å². The van der Waals surface area contributed by atoms with Crippen LogP contribution < -0.4 is 31.7 Å². The fraction of sp³-hybridized carbons (Fsp3) is 0. The predicted octanol–water partition coefficient (Wildman–Crippen LogP) is 18.5. The smallest absolute Gasteiger partial charge is 0.333 e. The van der Waals surface area contributed by atoms with E-state index >= 15 is 0 Å². The molecule has 4 aromatic heterocycles. The lowest BCUT2D eigenvalue weighted by Gasteiger charge is -2.41. The van der Waals surface area contributed by atoms with E-state index in [2.05, 4.69) is 274 Å². The molecule has 4 aliphatic rings. The fourth-order valence-electron chi connectivity index (χ4n) is 17.0. The Bertz CT molecular complexity index is 6260. The van der Waals surface area contributed by atoms with Crippen LogP contribution in [-0.2, 0) is 0 Å². The van der Waals surface area contributed by atoms with Crippen molar-refractivity contribution >= 4 is 178 Å². The van der Waals surface area contributed by atoms with Crippen LogP contribution in [0.25, 0.3) is 142 Å². The summed E-state index contributed by atoms with van der Waals surface area (Å²) in [6.07, 6.45) is 3.74. The minimum absolute atomic E-state index is 0.110. The molecular weight excluding hydrogens is 1070 g/mol. The van der Waals surface area contributed by atoms with Crippen molar-refractivity contribution in [3.63, 3.8) is 0 Å². The number of nitrogens with zero attached hydrogens (tertiary/aromatic N) is 4. The molecule has 0 radical (unpaired) electrons. The van der Waals surface area contributed by atoms with Crippen molar-refractivity contribution in [2.45, 2.75) is 0 Å². The van der Waals surface area contributed by atoms with E-state index < -0.39 is 0 Å². The lowest BCUT2D eigenvalue weighted by molar-refractivity contribution is 0.617. The van der Waals surface area contributed by atoms with Crippen LogP contribution in [0.2, 0.25) is 0 Å². The number of hydrogen-bond donors (Lipinski definition) is 0. The summed E-state index contributed by atoms with van der Waals surface area (Å²) in [6, 6.07) is 95.8. The highest BCUT2D eigenvalue weighted by Gasteiger charge is 2.47. The number of benzene rings is 14. The number of aromatic nitrogens is 2. The van der Waals surface area contributed by atoms with Gasteiger partial charge in [0.1, 0.15) is 11.2 Å². The van der Waals surface area contributed by atoms with Gasteiger partial charge in [0, 0.05) is 110 Å². The van der Waals surface area contributed by atoms with Crippen molar-refractivity contribution in [2.75, 3.05) is 9.80 Å². The van der Waals surface area contributed by atoms with Crippen LogP contribution in [0, 0.1) is 0 Å². The Labute approximate surface area is 503 Å². The molecule has 6 nitrogen and oxygen atoms in total. The van der Waals surface area contributed by atoms with Crippen molar-refractivity contribution in [2.24, 2.45) is 0 Å². The van der Waals surface area contributed by atoms with E-state index in [1.807, 2.05) is 12.5 Å². The molecule has 4 aliphatic heterocycles. The minimum Gasteiger partial charge on any atom is -0.464 e. The predicted molar refractivity (Wildman–Crippen MR) is 369 cm³/mol. The second-order valence-electron chi connectivity index (χ2n) is 24.6. The van der Waals surface area contributed by atoms with Crippen LogP contribution in [0.5, 0.6) is 0 Å². The van der Waals surface area contributed by atoms with Gasteiger partial charge in [-0.2, -0.15) is 0 Å². The number of fused-ring (bicyclic) bond motifs is 23. The zero-order valence-electron chi connectivity index (χ0n) is 47.2. The first-order valence-corrected chi connectivity index (χ1v) is 30.5. The fourth-order valence-corrected chi connectivity index (χ4v) is 17.0. The van der Waals surface area contributed by atoms with Crippen molar-refractivity contribution < 1.29 is 8.83 Å². The molecule has 8 heteroatoms. The standard InChI is InChI=1S/C80H44B2N4O2/c1-2-15-47-40-54(30-27-45(47)13-1)83-68-42-49-17-4-3-16-48(49)41-64(68)82-74-69(83)43-52-35-37-88-80(52)73(74)62-33-32-56(71-60-21-8-10-25-67(60)86(82)78(62)71)51-28-31-55-50(39-51)18-11-26-65(55)84-70-44-53-36-38-87-79(53)72-61-23-12-22-59-58-20-7-9-24-66(58)85(76(59)61)81(75(70)72)63-34-29-46-14-5-6-19-57(46)77(63)84/h1-44H. The summed E-state index contributed by atoms with van der Waals surface area (Å²) < 4.78 is 18.6. The van der Waals surface area contributed by atoms with Crippen LogP contribution in [0.15, 0.2) is 276 Å². The first kappa shape index (κ1) is 45.9. The summed E-state index contributed by atoms with van der Waals surface area (Å²) in [6.45, 7) is -0.271. The van der Waals surface area contributed by atoms with Gasteiger partial charge in [-0.15, -0.1) is 0 Å². The third-order valence-electron chi connectivity index (χ3n) is 20.5. The summed E-state index contributed by atoms with van der Waals surface area (Å²) in [4.78, 5) is 5.12. The zero-order valence-corrected chi connectivity index (χ0v) is 47.2. The second kappa shape index (κ2) is 16.3. The average molecular weight is 1110 g/mol. The normalized spacial score (nSPS) is 13.6. The summed E-state index contributed by atoms with van der Waals surface area (Å²) >= 11 is 0. The number of hydrogen-bond acceptors (Lipinski definition) is 4. The van der Waals surface area contributed by atoms with Gasteiger partial charge in [0.15, 0.2) is 0 Å². The SMILES string of the molecule is c1ccc2cc(N3c4cc5ccccc5cc4B4c5c3cc3ccoc3c5-c3ccc(-c5ccc6c(N7c8cc9ccoc9c9c8B(c8ccc%10ccccc%10c87)n7c8ccccc8c8cccc-9c87)cccc6c5)c5c6ccccc6n4c35)ccc2c1. The van der Waals surface area contributed by atoms with Crippen LogP contribution in [0.3, 0.4) is 0 Å². The first-order chi connectivity index (χ1) is 43.7. The summed E-state index contributed by atoms with van der Waals surface area (Å²) in [5, 5.41) is 16.8. The van der Waals surface area contributed by atoms with Gasteiger partial charge in [-0.1, -0.05) is 188 Å². The molecule has 0 atom stereocenters. The molecule has 402 valence electrons. The highest BCUT2D eigenvalue weighted by atomic mass is 16.3. The molecule has 0 unspecified atom stereocenters. The topological polar surface area (TPSA) is 42.6 Å². The number of furan rings is 2. The third-order valence-corrected chi connectivity index (χ3v) is 20.5. The summed E-state index contributed by atoms with van der Waals surface area (Å²) in [5.74, 6) is 0. The number of para-hydroxylation sites is 3. The quantitative estimate of drug-likeness (QED) is 0.165. The molecule has 18 aromatic rings. The minimum atomic E-state index is -0.161. The Morgan fingerprint density at radius 2 is 0.886 bits per heavy atom. The second-order valence-corrected chi connectivity index (χ2v) is 24.6. The van der Waals surface area contributed by atoms with E-state index in [-0.39, 0.29) is 13.7 Å². The molecule has 0 amide bonds. The van der Waals surface area contributed by atoms with Crippen LogP contribution >= 0.6 is 0 Å². The van der Waals surface area contributed by atoms with Crippen molar-refractivity contribution in [1.82, 2.24) is 8.96 Å². The molecule has 0 fully saturated rings. The highest BCUT2D eigenvalue weighted by Crippen LogP contribution is 2.53. The third kappa shape index (κ3) is 5.63. The molecule has 0 N–H and O–H groups in total. The van der Waals surface area contributed by atoms with Gasteiger partial charge in [-0.3, -0.25) is 0 Å². The van der Waals surface area contributed by atoms with E-state index in [9.17, 15) is 0 Å².